The molecular formula is C14H17NO. The molecule has 0 radical (unpaired) electrons. The van der Waals surface area contributed by atoms with E-state index in [-0.39, 0.29) is 6.04 Å². The Morgan fingerprint density at radius 1 is 1.50 bits per heavy atom. The van der Waals surface area contributed by atoms with Gasteiger partial charge in [0.1, 0.15) is 5.76 Å². The second kappa shape index (κ2) is 4.99. The second-order valence-corrected chi connectivity index (χ2v) is 3.84. The molecule has 0 heterocycles. The first-order chi connectivity index (χ1) is 7.86. The molecule has 2 heteroatoms. The van der Waals surface area contributed by atoms with Crippen LogP contribution in [0.5, 0.6) is 0 Å². The molecule has 0 amide bonds. The lowest BCUT2D eigenvalue weighted by Gasteiger charge is -2.26. The molecule has 1 atom stereocenters. The van der Waals surface area contributed by atoms with Crippen molar-refractivity contribution >= 4 is 0 Å². The average Bonchev–Trinajstić information content (AvgIpc) is 2.35. The Bertz CT molecular complexity index is 409. The van der Waals surface area contributed by atoms with Crippen LogP contribution in [0.1, 0.15) is 17.2 Å². The number of hydrogen-bond acceptors (Lipinski definition) is 2. The zero-order valence-electron chi connectivity index (χ0n) is 9.57. The molecule has 84 valence electrons. The SMILES string of the molecule is C=CCNC1C(OC)=CCc2ccccc21. The third kappa shape index (κ3) is 2.02. The molecular weight excluding hydrogens is 198 g/mol. The van der Waals surface area contributed by atoms with Crippen molar-refractivity contribution in [2.24, 2.45) is 0 Å². The van der Waals surface area contributed by atoms with Gasteiger partial charge in [0.15, 0.2) is 0 Å². The van der Waals surface area contributed by atoms with Crippen molar-refractivity contribution in [2.75, 3.05) is 13.7 Å². The minimum atomic E-state index is 0.160. The van der Waals surface area contributed by atoms with E-state index < -0.39 is 0 Å². The molecule has 1 aromatic rings. The molecule has 0 fully saturated rings. The van der Waals surface area contributed by atoms with Gasteiger partial charge in [0.25, 0.3) is 0 Å². The van der Waals surface area contributed by atoms with Crippen molar-refractivity contribution < 1.29 is 4.74 Å². The predicted octanol–water partition coefficient (Wildman–Crippen LogP) is 2.59. The number of ether oxygens (including phenoxy) is 1. The van der Waals surface area contributed by atoms with Crippen LogP contribution in [0, 0.1) is 0 Å². The van der Waals surface area contributed by atoms with Crippen LogP contribution in [0.3, 0.4) is 0 Å². The van der Waals surface area contributed by atoms with Gasteiger partial charge in [-0.15, -0.1) is 6.58 Å². The lowest BCUT2D eigenvalue weighted by Crippen LogP contribution is -2.27. The number of allylic oxidation sites excluding steroid dienone is 1. The first-order valence-corrected chi connectivity index (χ1v) is 5.53. The van der Waals surface area contributed by atoms with Gasteiger partial charge < -0.3 is 10.1 Å². The number of hydrogen-bond donors (Lipinski definition) is 1. The molecule has 1 unspecified atom stereocenters. The van der Waals surface area contributed by atoms with Crippen LogP contribution in [0.15, 0.2) is 48.8 Å². The van der Waals surface area contributed by atoms with Crippen molar-refractivity contribution in [3.05, 3.63) is 59.9 Å². The summed E-state index contributed by atoms with van der Waals surface area (Å²) in [6.45, 7) is 4.51. The molecule has 0 saturated carbocycles. The fourth-order valence-electron chi connectivity index (χ4n) is 2.10. The van der Waals surface area contributed by atoms with E-state index in [0.29, 0.717) is 0 Å². The van der Waals surface area contributed by atoms with Gasteiger partial charge in [0.2, 0.25) is 0 Å². The van der Waals surface area contributed by atoms with Gasteiger partial charge in [-0.05, 0) is 23.6 Å². The zero-order chi connectivity index (χ0) is 11.4. The monoisotopic (exact) mass is 215 g/mol. The summed E-state index contributed by atoms with van der Waals surface area (Å²) in [6, 6.07) is 8.63. The van der Waals surface area contributed by atoms with E-state index in [2.05, 4.69) is 42.2 Å². The highest BCUT2D eigenvalue weighted by Gasteiger charge is 2.22. The smallest absolute Gasteiger partial charge is 0.113 e. The van der Waals surface area contributed by atoms with Crippen LogP contribution < -0.4 is 5.32 Å². The molecule has 0 aromatic heterocycles. The highest BCUT2D eigenvalue weighted by atomic mass is 16.5. The Kier molecular flexibility index (Phi) is 3.42. The maximum absolute atomic E-state index is 5.42. The van der Waals surface area contributed by atoms with Crippen molar-refractivity contribution in [2.45, 2.75) is 12.5 Å². The Labute approximate surface area is 96.6 Å². The summed E-state index contributed by atoms with van der Waals surface area (Å²) in [5, 5.41) is 3.42. The zero-order valence-corrected chi connectivity index (χ0v) is 9.57. The topological polar surface area (TPSA) is 21.3 Å². The molecule has 1 N–H and O–H groups in total. The Morgan fingerprint density at radius 3 is 3.06 bits per heavy atom. The largest absolute Gasteiger partial charge is 0.499 e. The number of methoxy groups -OCH3 is 1. The molecule has 16 heavy (non-hydrogen) atoms. The Balaban J connectivity index is 2.30. The quantitative estimate of drug-likeness (QED) is 0.779. The first kappa shape index (κ1) is 11.0. The van der Waals surface area contributed by atoms with Crippen molar-refractivity contribution in [1.29, 1.82) is 0 Å². The van der Waals surface area contributed by atoms with Crippen molar-refractivity contribution in [3.63, 3.8) is 0 Å². The first-order valence-electron chi connectivity index (χ1n) is 5.53. The fourth-order valence-corrected chi connectivity index (χ4v) is 2.10. The molecule has 2 nitrogen and oxygen atoms in total. The number of fused-ring (bicyclic) bond motifs is 1. The number of rotatable bonds is 4. The summed E-state index contributed by atoms with van der Waals surface area (Å²) in [7, 11) is 1.72. The summed E-state index contributed by atoms with van der Waals surface area (Å²) in [5.41, 5.74) is 2.67. The van der Waals surface area contributed by atoms with Crippen LogP contribution in [0.25, 0.3) is 0 Å². The van der Waals surface area contributed by atoms with Gasteiger partial charge in [0.05, 0.1) is 13.2 Å². The van der Waals surface area contributed by atoms with Crippen molar-refractivity contribution in [3.8, 4) is 0 Å². The van der Waals surface area contributed by atoms with E-state index in [1.165, 1.54) is 11.1 Å². The maximum Gasteiger partial charge on any atom is 0.113 e. The Morgan fingerprint density at radius 2 is 2.31 bits per heavy atom. The minimum absolute atomic E-state index is 0.160. The lowest BCUT2D eigenvalue weighted by atomic mass is 9.91. The van der Waals surface area contributed by atoms with E-state index >= 15 is 0 Å². The van der Waals surface area contributed by atoms with E-state index in [4.69, 9.17) is 4.74 Å². The summed E-state index contributed by atoms with van der Waals surface area (Å²) in [4.78, 5) is 0. The molecule has 1 aliphatic rings. The third-order valence-electron chi connectivity index (χ3n) is 2.88. The number of nitrogens with one attached hydrogen (secondary N) is 1. The Hall–Kier alpha value is -1.54. The number of benzene rings is 1. The normalized spacial score (nSPS) is 18.6. The predicted molar refractivity (Wildman–Crippen MR) is 66.2 cm³/mol. The van der Waals surface area contributed by atoms with E-state index in [0.717, 1.165) is 18.7 Å². The molecule has 0 saturated heterocycles. The fraction of sp³-hybridized carbons (Fsp3) is 0.286. The van der Waals surface area contributed by atoms with Crippen molar-refractivity contribution in [1.82, 2.24) is 5.32 Å². The molecule has 1 aliphatic carbocycles. The van der Waals surface area contributed by atoms with Gasteiger partial charge in [-0.25, -0.2) is 0 Å². The van der Waals surface area contributed by atoms with Crippen LogP contribution >= 0.6 is 0 Å². The lowest BCUT2D eigenvalue weighted by molar-refractivity contribution is 0.249. The summed E-state index contributed by atoms with van der Waals surface area (Å²) >= 11 is 0. The molecule has 0 spiro atoms. The molecule has 2 rings (SSSR count). The summed E-state index contributed by atoms with van der Waals surface area (Å²) < 4.78 is 5.42. The standard InChI is InChI=1S/C14H17NO/c1-3-10-15-14-12-7-5-4-6-11(12)8-9-13(14)16-2/h3-7,9,14-15H,1,8,10H2,2H3. The van der Waals surface area contributed by atoms with Crippen LogP contribution in [0.2, 0.25) is 0 Å². The van der Waals surface area contributed by atoms with E-state index in [1.807, 2.05) is 6.08 Å². The van der Waals surface area contributed by atoms with Crippen LogP contribution in [-0.4, -0.2) is 13.7 Å². The minimum Gasteiger partial charge on any atom is -0.499 e. The van der Waals surface area contributed by atoms with Gasteiger partial charge in [0, 0.05) is 6.54 Å². The molecule has 1 aromatic carbocycles. The van der Waals surface area contributed by atoms with Gasteiger partial charge >= 0.3 is 0 Å². The summed E-state index contributed by atoms with van der Waals surface area (Å²) in [5.74, 6) is 1.00. The molecule has 0 aliphatic heterocycles. The van der Waals surface area contributed by atoms with Crippen LogP contribution in [0.4, 0.5) is 0 Å². The second-order valence-electron chi connectivity index (χ2n) is 3.84. The van der Waals surface area contributed by atoms with Crippen LogP contribution in [-0.2, 0) is 11.2 Å². The summed E-state index contributed by atoms with van der Waals surface area (Å²) in [6.07, 6.45) is 4.96. The average molecular weight is 215 g/mol. The highest BCUT2D eigenvalue weighted by molar-refractivity contribution is 5.39. The van der Waals surface area contributed by atoms with Gasteiger partial charge in [-0.3, -0.25) is 0 Å². The van der Waals surface area contributed by atoms with Gasteiger partial charge in [-0.2, -0.15) is 0 Å². The maximum atomic E-state index is 5.42. The van der Waals surface area contributed by atoms with E-state index in [9.17, 15) is 0 Å². The molecule has 0 bridgehead atoms. The third-order valence-corrected chi connectivity index (χ3v) is 2.88. The highest BCUT2D eigenvalue weighted by Crippen LogP contribution is 2.30. The van der Waals surface area contributed by atoms with E-state index in [1.54, 1.807) is 7.11 Å². The van der Waals surface area contributed by atoms with Gasteiger partial charge in [-0.1, -0.05) is 30.3 Å².